The number of aryl methyl sites for hydroxylation is 1. The van der Waals surface area contributed by atoms with Gasteiger partial charge >= 0.3 is 0 Å². The van der Waals surface area contributed by atoms with Crippen molar-refractivity contribution in [3.05, 3.63) is 33.8 Å². The van der Waals surface area contributed by atoms with Crippen LogP contribution in [-0.2, 0) is 4.74 Å². The molecule has 1 saturated heterocycles. The predicted molar refractivity (Wildman–Crippen MR) is 87.7 cm³/mol. The maximum absolute atomic E-state index is 12.8. The van der Waals surface area contributed by atoms with Crippen molar-refractivity contribution in [1.29, 1.82) is 0 Å². The van der Waals surface area contributed by atoms with Gasteiger partial charge in [-0.1, -0.05) is 15.9 Å². The molecule has 0 radical (unpaired) electrons. The molecular weight excluding hydrogens is 332 g/mol. The first kappa shape index (κ1) is 16.5. The highest BCUT2D eigenvalue weighted by Crippen LogP contribution is 2.17. The molecule has 1 amide bonds. The number of halogens is 1. The third kappa shape index (κ3) is 4.80. The molecule has 2 rings (SSSR count). The third-order valence-corrected chi connectivity index (χ3v) is 4.20. The standard InChI is InChI=1S/C16H23BrN2O2/c1-12-8-13(10-14(17)9-12)16(20)19(6-7-21-2)11-15-4-3-5-18-15/h8-10,15,18H,3-7,11H2,1-2H3. The van der Waals surface area contributed by atoms with Crippen LogP contribution in [0.4, 0.5) is 0 Å². The van der Waals surface area contributed by atoms with E-state index in [0.29, 0.717) is 19.2 Å². The average Bonchev–Trinajstić information content (AvgIpc) is 2.94. The van der Waals surface area contributed by atoms with E-state index in [1.54, 1.807) is 7.11 Å². The lowest BCUT2D eigenvalue weighted by Gasteiger charge is -2.26. The molecule has 1 aliphatic rings. The maximum Gasteiger partial charge on any atom is 0.254 e. The van der Waals surface area contributed by atoms with Crippen LogP contribution >= 0.6 is 15.9 Å². The molecule has 1 fully saturated rings. The van der Waals surface area contributed by atoms with Gasteiger partial charge in [-0.2, -0.15) is 0 Å². The first-order chi connectivity index (χ1) is 10.1. The Labute approximate surface area is 135 Å². The van der Waals surface area contributed by atoms with E-state index >= 15 is 0 Å². The molecule has 0 aliphatic carbocycles. The van der Waals surface area contributed by atoms with Crippen molar-refractivity contribution < 1.29 is 9.53 Å². The summed E-state index contributed by atoms with van der Waals surface area (Å²) in [5.74, 6) is 0.0742. The Morgan fingerprint density at radius 1 is 1.48 bits per heavy atom. The van der Waals surface area contributed by atoms with E-state index in [-0.39, 0.29) is 5.91 Å². The number of rotatable bonds is 6. The van der Waals surface area contributed by atoms with Crippen LogP contribution < -0.4 is 5.32 Å². The summed E-state index contributed by atoms with van der Waals surface area (Å²) in [5.41, 5.74) is 1.81. The molecule has 5 heteroatoms. The Balaban J connectivity index is 2.11. The van der Waals surface area contributed by atoms with E-state index < -0.39 is 0 Å². The fourth-order valence-electron chi connectivity index (χ4n) is 2.70. The quantitative estimate of drug-likeness (QED) is 0.853. The summed E-state index contributed by atoms with van der Waals surface area (Å²) in [6.07, 6.45) is 2.32. The van der Waals surface area contributed by atoms with Crippen molar-refractivity contribution in [2.24, 2.45) is 0 Å². The smallest absolute Gasteiger partial charge is 0.254 e. The molecule has 116 valence electrons. The van der Waals surface area contributed by atoms with E-state index in [1.165, 1.54) is 6.42 Å². The Morgan fingerprint density at radius 2 is 2.29 bits per heavy atom. The Hall–Kier alpha value is -0.910. The number of carbonyl (C=O) groups excluding carboxylic acids is 1. The number of benzene rings is 1. The molecule has 0 aromatic heterocycles. The van der Waals surface area contributed by atoms with Crippen LogP contribution in [0.3, 0.4) is 0 Å². The minimum absolute atomic E-state index is 0.0742. The number of hydrogen-bond acceptors (Lipinski definition) is 3. The zero-order valence-electron chi connectivity index (χ0n) is 12.7. The van der Waals surface area contributed by atoms with Gasteiger partial charge in [0.2, 0.25) is 0 Å². The molecular formula is C16H23BrN2O2. The van der Waals surface area contributed by atoms with Gasteiger partial charge in [0, 0.05) is 36.3 Å². The lowest BCUT2D eigenvalue weighted by Crippen LogP contribution is -2.42. The Bertz CT molecular complexity index is 467. The van der Waals surface area contributed by atoms with Gasteiger partial charge in [0.1, 0.15) is 0 Å². The second-order valence-corrected chi connectivity index (χ2v) is 6.47. The molecule has 1 aromatic rings. The third-order valence-electron chi connectivity index (χ3n) is 3.74. The lowest BCUT2D eigenvalue weighted by atomic mass is 10.1. The zero-order chi connectivity index (χ0) is 15.2. The van der Waals surface area contributed by atoms with Gasteiger partial charge in [-0.3, -0.25) is 4.79 Å². The SMILES string of the molecule is COCCN(CC1CCCN1)C(=O)c1cc(C)cc(Br)c1. The van der Waals surface area contributed by atoms with Crippen LogP contribution in [0.5, 0.6) is 0 Å². The number of nitrogens with one attached hydrogen (secondary N) is 1. The monoisotopic (exact) mass is 354 g/mol. The maximum atomic E-state index is 12.8. The fraction of sp³-hybridized carbons (Fsp3) is 0.562. The van der Waals surface area contributed by atoms with Crippen molar-refractivity contribution in [2.45, 2.75) is 25.8 Å². The van der Waals surface area contributed by atoms with Crippen LogP contribution in [0, 0.1) is 6.92 Å². The van der Waals surface area contributed by atoms with Gasteiger partial charge in [-0.05, 0) is 50.1 Å². The number of ether oxygens (including phenoxy) is 1. The van der Waals surface area contributed by atoms with Gasteiger partial charge in [0.15, 0.2) is 0 Å². The van der Waals surface area contributed by atoms with Gasteiger partial charge in [0.25, 0.3) is 5.91 Å². The van der Waals surface area contributed by atoms with E-state index in [4.69, 9.17) is 4.74 Å². The molecule has 1 heterocycles. The number of methoxy groups -OCH3 is 1. The number of nitrogens with zero attached hydrogens (tertiary/aromatic N) is 1. The van der Waals surface area contributed by atoms with Crippen LogP contribution in [-0.4, -0.2) is 50.2 Å². The Morgan fingerprint density at radius 3 is 2.90 bits per heavy atom. The van der Waals surface area contributed by atoms with E-state index in [1.807, 2.05) is 30.0 Å². The van der Waals surface area contributed by atoms with Crippen molar-refractivity contribution >= 4 is 21.8 Å². The van der Waals surface area contributed by atoms with Crippen molar-refractivity contribution in [3.8, 4) is 0 Å². The van der Waals surface area contributed by atoms with Crippen LogP contribution in [0.15, 0.2) is 22.7 Å². The first-order valence-electron chi connectivity index (χ1n) is 7.39. The molecule has 1 N–H and O–H groups in total. The summed E-state index contributed by atoms with van der Waals surface area (Å²) in [5, 5.41) is 3.45. The largest absolute Gasteiger partial charge is 0.383 e. The minimum Gasteiger partial charge on any atom is -0.383 e. The molecule has 1 unspecified atom stereocenters. The second kappa shape index (κ2) is 7.92. The summed E-state index contributed by atoms with van der Waals surface area (Å²) in [6, 6.07) is 6.24. The zero-order valence-corrected chi connectivity index (χ0v) is 14.3. The number of hydrogen-bond donors (Lipinski definition) is 1. The van der Waals surface area contributed by atoms with Gasteiger partial charge < -0.3 is 15.0 Å². The van der Waals surface area contributed by atoms with Crippen LogP contribution in [0.1, 0.15) is 28.8 Å². The molecule has 1 atom stereocenters. The number of carbonyl (C=O) groups is 1. The highest BCUT2D eigenvalue weighted by atomic mass is 79.9. The molecule has 0 bridgehead atoms. The van der Waals surface area contributed by atoms with E-state index in [2.05, 4.69) is 21.2 Å². The highest BCUT2D eigenvalue weighted by Gasteiger charge is 2.22. The highest BCUT2D eigenvalue weighted by molar-refractivity contribution is 9.10. The summed E-state index contributed by atoms with van der Waals surface area (Å²) in [6.45, 7) is 4.98. The first-order valence-corrected chi connectivity index (χ1v) is 8.18. The van der Waals surface area contributed by atoms with Gasteiger partial charge in [-0.25, -0.2) is 0 Å². The van der Waals surface area contributed by atoms with E-state index in [9.17, 15) is 4.79 Å². The number of amides is 1. The molecule has 21 heavy (non-hydrogen) atoms. The van der Waals surface area contributed by atoms with E-state index in [0.717, 1.165) is 35.1 Å². The van der Waals surface area contributed by atoms with Gasteiger partial charge in [0.05, 0.1) is 6.61 Å². The van der Waals surface area contributed by atoms with Crippen molar-refractivity contribution in [3.63, 3.8) is 0 Å². The van der Waals surface area contributed by atoms with Crippen LogP contribution in [0.2, 0.25) is 0 Å². The summed E-state index contributed by atoms with van der Waals surface area (Å²) in [7, 11) is 1.67. The van der Waals surface area contributed by atoms with Gasteiger partial charge in [-0.15, -0.1) is 0 Å². The lowest BCUT2D eigenvalue weighted by molar-refractivity contribution is 0.0679. The Kier molecular flexibility index (Phi) is 6.21. The molecule has 4 nitrogen and oxygen atoms in total. The summed E-state index contributed by atoms with van der Waals surface area (Å²) >= 11 is 3.46. The average molecular weight is 355 g/mol. The predicted octanol–water partition coefficient (Wildman–Crippen LogP) is 2.60. The molecule has 0 saturated carbocycles. The molecule has 0 spiro atoms. The van der Waals surface area contributed by atoms with Crippen molar-refractivity contribution in [2.75, 3.05) is 33.4 Å². The minimum atomic E-state index is 0.0742. The summed E-state index contributed by atoms with van der Waals surface area (Å²) < 4.78 is 6.09. The second-order valence-electron chi connectivity index (χ2n) is 5.55. The molecule has 1 aromatic carbocycles. The van der Waals surface area contributed by atoms with Crippen LogP contribution in [0.25, 0.3) is 0 Å². The topological polar surface area (TPSA) is 41.6 Å². The fourth-order valence-corrected chi connectivity index (χ4v) is 3.31. The molecule has 1 aliphatic heterocycles. The normalized spacial score (nSPS) is 18.0. The van der Waals surface area contributed by atoms with Crippen molar-refractivity contribution in [1.82, 2.24) is 10.2 Å². The summed E-state index contributed by atoms with van der Waals surface area (Å²) in [4.78, 5) is 14.7.